The molecule has 2 amide bonds. The number of benzene rings is 1. The summed E-state index contributed by atoms with van der Waals surface area (Å²) < 4.78 is 5.36. The zero-order chi connectivity index (χ0) is 28.2. The number of β-amino-alcohol motifs (C(OH)–C–C–N with tert-alkyl or cyclic N) is 1. The molecular formula is C29H36N6O4S2. The van der Waals surface area contributed by atoms with E-state index in [2.05, 4.69) is 50.1 Å². The van der Waals surface area contributed by atoms with Crippen molar-refractivity contribution in [3.8, 4) is 10.4 Å². The van der Waals surface area contributed by atoms with Crippen LogP contribution in [0.2, 0.25) is 0 Å². The lowest BCUT2D eigenvalue weighted by atomic mass is 10.0. The van der Waals surface area contributed by atoms with Gasteiger partial charge in [-0.15, -0.1) is 22.7 Å². The summed E-state index contributed by atoms with van der Waals surface area (Å²) in [5, 5.41) is 21.4. The molecule has 41 heavy (non-hydrogen) atoms. The summed E-state index contributed by atoms with van der Waals surface area (Å²) >= 11 is 3.00. The molecule has 1 unspecified atom stereocenters. The highest BCUT2D eigenvalue weighted by Crippen LogP contribution is 2.36. The molecule has 6 rings (SSSR count). The maximum absolute atomic E-state index is 13.0. The molecule has 2 atom stereocenters. The van der Waals surface area contributed by atoms with Gasteiger partial charge in [0.1, 0.15) is 6.23 Å². The van der Waals surface area contributed by atoms with Crippen LogP contribution in [0.1, 0.15) is 39.0 Å². The van der Waals surface area contributed by atoms with Crippen molar-refractivity contribution in [2.24, 2.45) is 0 Å². The lowest BCUT2D eigenvalue weighted by Gasteiger charge is -2.37. The third-order valence-corrected chi connectivity index (χ3v) is 9.99. The fraction of sp³-hybridized carbons (Fsp3) is 0.483. The highest BCUT2D eigenvalue weighted by atomic mass is 32.1. The van der Waals surface area contributed by atoms with Gasteiger partial charge in [-0.3, -0.25) is 19.8 Å². The van der Waals surface area contributed by atoms with Gasteiger partial charge >= 0.3 is 0 Å². The number of carbonyl (C=O) groups is 2. The van der Waals surface area contributed by atoms with Crippen molar-refractivity contribution in [1.82, 2.24) is 25.4 Å². The lowest BCUT2D eigenvalue weighted by Crippen LogP contribution is -2.48. The fourth-order valence-corrected chi connectivity index (χ4v) is 7.20. The first kappa shape index (κ1) is 28.4. The number of aliphatic hydroxyl groups excluding tert-OH is 1. The summed E-state index contributed by atoms with van der Waals surface area (Å²) in [7, 11) is 0. The molecule has 5 heterocycles. The zero-order valence-electron chi connectivity index (χ0n) is 22.9. The topological polar surface area (TPSA) is 119 Å². The van der Waals surface area contributed by atoms with Gasteiger partial charge in [-0.25, -0.2) is 4.98 Å². The van der Waals surface area contributed by atoms with Crippen molar-refractivity contribution >= 4 is 39.5 Å². The van der Waals surface area contributed by atoms with Gasteiger partial charge in [-0.05, 0) is 42.6 Å². The minimum Gasteiger partial charge on any atom is -0.379 e. The molecule has 12 heteroatoms. The van der Waals surface area contributed by atoms with Crippen LogP contribution in [0.25, 0.3) is 10.4 Å². The largest absolute Gasteiger partial charge is 0.379 e. The minimum atomic E-state index is -0.576. The number of aromatic nitrogens is 1. The zero-order valence-corrected chi connectivity index (χ0v) is 24.5. The van der Waals surface area contributed by atoms with Crippen LogP contribution in [0.4, 0.5) is 5.00 Å². The van der Waals surface area contributed by atoms with Gasteiger partial charge in [-0.2, -0.15) is 0 Å². The van der Waals surface area contributed by atoms with Gasteiger partial charge in [0.15, 0.2) is 0 Å². The quantitative estimate of drug-likeness (QED) is 0.264. The Morgan fingerprint density at radius 1 is 1.12 bits per heavy atom. The molecule has 2 aromatic heterocycles. The van der Waals surface area contributed by atoms with E-state index in [1.165, 1.54) is 11.3 Å². The predicted molar refractivity (Wildman–Crippen MR) is 160 cm³/mol. The number of morpholine rings is 1. The molecule has 0 spiro atoms. The third kappa shape index (κ3) is 7.03. The molecule has 218 valence electrons. The van der Waals surface area contributed by atoms with Crippen LogP contribution >= 0.6 is 22.7 Å². The fourth-order valence-electron chi connectivity index (χ4n) is 5.32. The first-order valence-corrected chi connectivity index (χ1v) is 15.8. The van der Waals surface area contributed by atoms with Crippen molar-refractivity contribution in [3.63, 3.8) is 0 Å². The highest BCUT2D eigenvalue weighted by molar-refractivity contribution is 7.18. The van der Waals surface area contributed by atoms with Crippen LogP contribution in [-0.2, 0) is 16.1 Å². The molecule has 10 nitrogen and oxygen atoms in total. The van der Waals surface area contributed by atoms with Crippen LogP contribution in [0, 0.1) is 0 Å². The van der Waals surface area contributed by atoms with E-state index in [1.807, 2.05) is 17.2 Å². The number of anilines is 1. The van der Waals surface area contributed by atoms with Gasteiger partial charge in [0, 0.05) is 51.4 Å². The van der Waals surface area contributed by atoms with Gasteiger partial charge in [0.05, 0.1) is 39.0 Å². The summed E-state index contributed by atoms with van der Waals surface area (Å²) in [6, 6.07) is 11.8. The number of ether oxygens (including phenoxy) is 1. The first-order chi connectivity index (χ1) is 20.0. The standard InChI is InChI=1S/C29H36N6O4S2/c36-25(18-34-10-12-39-13-11-34)31-14-19-3-5-20(6-4-19)24-15-32-28(41-24)21-16-35(17-21)29(38)23-7-8-26(40-23)33-27(37)22-2-1-9-30-22/h3-8,15,21-22,25,30-31,36H,1-2,9-14,16-18H2,(H,33,37)/t22-,25?/m0/s1. The second-order valence-electron chi connectivity index (χ2n) is 10.8. The Morgan fingerprint density at radius 3 is 2.68 bits per heavy atom. The Hall–Kier alpha value is -2.71. The van der Waals surface area contributed by atoms with Gasteiger partial charge in [0.25, 0.3) is 5.91 Å². The first-order valence-electron chi connectivity index (χ1n) is 14.2. The van der Waals surface area contributed by atoms with Crippen molar-refractivity contribution < 1.29 is 19.4 Å². The molecule has 0 saturated carbocycles. The van der Waals surface area contributed by atoms with Crippen LogP contribution in [-0.4, -0.2) is 96.5 Å². The number of aliphatic hydroxyl groups is 1. The Bertz CT molecular complexity index is 1330. The number of hydrogen-bond donors (Lipinski definition) is 4. The molecular weight excluding hydrogens is 560 g/mol. The van der Waals surface area contributed by atoms with Gasteiger partial charge in [-0.1, -0.05) is 24.3 Å². The molecule has 3 saturated heterocycles. The van der Waals surface area contributed by atoms with E-state index in [0.717, 1.165) is 66.7 Å². The Labute approximate surface area is 247 Å². The van der Waals surface area contributed by atoms with Crippen molar-refractivity contribution in [2.75, 3.05) is 57.8 Å². The third-order valence-electron chi connectivity index (χ3n) is 7.80. The van der Waals surface area contributed by atoms with E-state index in [0.29, 0.717) is 36.1 Å². The van der Waals surface area contributed by atoms with Crippen LogP contribution in [0.5, 0.6) is 0 Å². The van der Waals surface area contributed by atoms with Crippen molar-refractivity contribution in [2.45, 2.75) is 37.6 Å². The van der Waals surface area contributed by atoms with Gasteiger partial charge < -0.3 is 25.4 Å². The molecule has 4 N–H and O–H groups in total. The monoisotopic (exact) mass is 596 g/mol. The number of thiophene rings is 1. The van der Waals surface area contributed by atoms with E-state index >= 15 is 0 Å². The number of rotatable bonds is 10. The Balaban J connectivity index is 0.959. The molecule has 1 aromatic carbocycles. The number of hydrogen-bond acceptors (Lipinski definition) is 10. The molecule has 0 bridgehead atoms. The SMILES string of the molecule is O=C(Nc1ccc(C(=O)N2CC(c3ncc(-c4ccc(CNC(O)CN5CCOCC5)cc4)s3)C2)s1)[C@@H]1CCCN1. The molecule has 0 radical (unpaired) electrons. The molecule has 3 aromatic rings. The van der Waals surface area contributed by atoms with Crippen LogP contribution in [0.3, 0.4) is 0 Å². The average molecular weight is 597 g/mol. The van der Waals surface area contributed by atoms with E-state index in [4.69, 9.17) is 4.74 Å². The van der Waals surface area contributed by atoms with Gasteiger partial charge in [0.2, 0.25) is 5.91 Å². The maximum atomic E-state index is 13.0. The number of carbonyl (C=O) groups excluding carboxylic acids is 2. The number of amides is 2. The summed E-state index contributed by atoms with van der Waals surface area (Å²) in [5.74, 6) is 0.208. The molecule has 3 aliphatic heterocycles. The summed E-state index contributed by atoms with van der Waals surface area (Å²) in [5.41, 5.74) is 2.22. The molecule has 3 aliphatic rings. The lowest BCUT2D eigenvalue weighted by molar-refractivity contribution is -0.117. The average Bonchev–Trinajstić information content (AvgIpc) is 3.75. The smallest absolute Gasteiger partial charge is 0.264 e. The Morgan fingerprint density at radius 2 is 1.93 bits per heavy atom. The highest BCUT2D eigenvalue weighted by Gasteiger charge is 2.35. The minimum absolute atomic E-state index is 0.00165. The maximum Gasteiger partial charge on any atom is 0.264 e. The molecule has 3 fully saturated rings. The number of thiazole rings is 1. The summed E-state index contributed by atoms with van der Waals surface area (Å²) in [6.07, 6.45) is 3.19. The predicted octanol–water partition coefficient (Wildman–Crippen LogP) is 2.54. The number of nitrogens with zero attached hydrogens (tertiary/aromatic N) is 3. The van der Waals surface area contributed by atoms with Crippen molar-refractivity contribution in [1.29, 1.82) is 0 Å². The molecule has 0 aliphatic carbocycles. The normalized spacial score (nSPS) is 20.6. The van der Waals surface area contributed by atoms with E-state index in [1.54, 1.807) is 17.4 Å². The summed E-state index contributed by atoms with van der Waals surface area (Å²) in [6.45, 7) is 6.52. The Kier molecular flexibility index (Phi) is 9.06. The van der Waals surface area contributed by atoms with Crippen molar-refractivity contribution in [3.05, 3.63) is 58.0 Å². The van der Waals surface area contributed by atoms with Crippen LogP contribution in [0.15, 0.2) is 42.6 Å². The second kappa shape index (κ2) is 13.1. The second-order valence-corrected chi connectivity index (χ2v) is 12.9. The van der Waals surface area contributed by atoms with E-state index < -0.39 is 6.23 Å². The van der Waals surface area contributed by atoms with E-state index in [-0.39, 0.29) is 23.8 Å². The number of nitrogens with one attached hydrogen (secondary N) is 3. The summed E-state index contributed by atoms with van der Waals surface area (Å²) in [4.78, 5) is 35.8. The number of likely N-dealkylation sites (tertiary alicyclic amines) is 1. The van der Waals surface area contributed by atoms with E-state index in [9.17, 15) is 14.7 Å². The van der Waals surface area contributed by atoms with Crippen LogP contribution < -0.4 is 16.0 Å².